The number of carbonyl (C=O) groups is 2. The normalized spacial score (nSPS) is 17.3. The van der Waals surface area contributed by atoms with E-state index in [2.05, 4.69) is 0 Å². The van der Waals surface area contributed by atoms with Crippen LogP contribution in [0.5, 0.6) is 0 Å². The predicted molar refractivity (Wildman–Crippen MR) is 69.2 cm³/mol. The number of hydrogen-bond donors (Lipinski definition) is 1. The van der Waals surface area contributed by atoms with E-state index in [1.165, 1.54) is 31.0 Å². The van der Waals surface area contributed by atoms with Gasteiger partial charge in [0.2, 0.25) is 5.91 Å². The summed E-state index contributed by atoms with van der Waals surface area (Å²) in [7, 11) is 0. The molecule has 1 aliphatic rings. The van der Waals surface area contributed by atoms with Crippen LogP contribution in [0.4, 0.5) is 0 Å². The molecular formula is C12H21NO3S. The lowest BCUT2D eigenvalue weighted by molar-refractivity contribution is -0.136. The van der Waals surface area contributed by atoms with Crippen molar-refractivity contribution in [2.45, 2.75) is 38.5 Å². The van der Waals surface area contributed by atoms with Gasteiger partial charge in [0.25, 0.3) is 0 Å². The summed E-state index contributed by atoms with van der Waals surface area (Å²) in [6.45, 7) is 1.75. The third-order valence-corrected chi connectivity index (χ3v) is 3.84. The summed E-state index contributed by atoms with van der Waals surface area (Å²) in [5, 5.41) is 8.49. The lowest BCUT2D eigenvalue weighted by atomic mass is 10.1. The molecule has 0 saturated carbocycles. The van der Waals surface area contributed by atoms with Gasteiger partial charge < -0.3 is 10.0 Å². The third kappa shape index (κ3) is 6.56. The molecule has 98 valence electrons. The van der Waals surface area contributed by atoms with Crippen molar-refractivity contribution in [3.63, 3.8) is 0 Å². The van der Waals surface area contributed by atoms with Gasteiger partial charge in [0.1, 0.15) is 0 Å². The molecule has 0 radical (unpaired) electrons. The van der Waals surface area contributed by atoms with Crippen molar-refractivity contribution in [3.05, 3.63) is 0 Å². The Morgan fingerprint density at radius 1 is 1.06 bits per heavy atom. The van der Waals surface area contributed by atoms with Crippen LogP contribution in [-0.4, -0.2) is 46.5 Å². The summed E-state index contributed by atoms with van der Waals surface area (Å²) in [6.07, 6.45) is 6.07. The first-order valence-electron chi connectivity index (χ1n) is 6.27. The molecule has 1 amide bonds. The summed E-state index contributed by atoms with van der Waals surface area (Å²) in [5.74, 6) is 0.320. The maximum Gasteiger partial charge on any atom is 0.304 e. The first-order valence-corrected chi connectivity index (χ1v) is 7.43. The zero-order valence-corrected chi connectivity index (χ0v) is 11.0. The molecule has 1 rings (SSSR count). The van der Waals surface area contributed by atoms with Crippen LogP contribution in [0.2, 0.25) is 0 Å². The lowest BCUT2D eigenvalue weighted by Gasteiger charge is -2.24. The Hall–Kier alpha value is -0.710. The van der Waals surface area contributed by atoms with E-state index in [0.717, 1.165) is 25.9 Å². The Kier molecular flexibility index (Phi) is 7.08. The number of aliphatic carboxylic acids is 1. The summed E-state index contributed by atoms with van der Waals surface area (Å²) >= 11 is 1.42. The van der Waals surface area contributed by atoms with E-state index in [9.17, 15) is 9.59 Å². The summed E-state index contributed by atoms with van der Waals surface area (Å²) in [6, 6.07) is 0. The molecule has 4 nitrogen and oxygen atoms in total. The van der Waals surface area contributed by atoms with E-state index in [-0.39, 0.29) is 12.3 Å². The standard InChI is InChI=1S/C12H21NO3S/c14-11(10-17-9-6-12(15)16)13-7-4-2-1-3-5-8-13/h1-10H2,(H,15,16). The van der Waals surface area contributed by atoms with Crippen molar-refractivity contribution >= 4 is 23.6 Å². The molecular weight excluding hydrogens is 238 g/mol. The maximum absolute atomic E-state index is 11.9. The smallest absolute Gasteiger partial charge is 0.304 e. The van der Waals surface area contributed by atoms with Gasteiger partial charge in [-0.15, -0.1) is 0 Å². The van der Waals surface area contributed by atoms with Crippen molar-refractivity contribution in [3.8, 4) is 0 Å². The average molecular weight is 259 g/mol. The minimum Gasteiger partial charge on any atom is -0.481 e. The van der Waals surface area contributed by atoms with Gasteiger partial charge in [0, 0.05) is 18.8 Å². The van der Waals surface area contributed by atoms with Crippen molar-refractivity contribution in [1.82, 2.24) is 4.90 Å². The van der Waals surface area contributed by atoms with Gasteiger partial charge >= 0.3 is 5.97 Å². The van der Waals surface area contributed by atoms with Gasteiger partial charge in [0.15, 0.2) is 0 Å². The first kappa shape index (κ1) is 14.4. The number of amides is 1. The number of carbonyl (C=O) groups excluding carboxylic acids is 1. The van der Waals surface area contributed by atoms with Crippen molar-refractivity contribution in [2.24, 2.45) is 0 Å². The maximum atomic E-state index is 11.9. The SMILES string of the molecule is O=C(O)CCSCC(=O)N1CCCCCCC1. The molecule has 0 aromatic carbocycles. The van der Waals surface area contributed by atoms with Gasteiger partial charge in [-0.25, -0.2) is 0 Å². The van der Waals surface area contributed by atoms with E-state index in [4.69, 9.17) is 5.11 Å². The molecule has 17 heavy (non-hydrogen) atoms. The molecule has 0 aromatic rings. The predicted octanol–water partition coefficient (Wildman–Crippen LogP) is 1.99. The highest BCUT2D eigenvalue weighted by Crippen LogP contribution is 2.12. The van der Waals surface area contributed by atoms with Crippen LogP contribution >= 0.6 is 11.8 Å². The minimum absolute atomic E-state index is 0.137. The van der Waals surface area contributed by atoms with E-state index in [1.54, 1.807) is 0 Å². The van der Waals surface area contributed by atoms with E-state index in [0.29, 0.717) is 11.5 Å². The number of carboxylic acids is 1. The number of hydrogen-bond acceptors (Lipinski definition) is 3. The van der Waals surface area contributed by atoms with E-state index >= 15 is 0 Å². The second-order valence-electron chi connectivity index (χ2n) is 4.34. The van der Waals surface area contributed by atoms with Gasteiger partial charge in [-0.1, -0.05) is 19.3 Å². The molecule has 0 bridgehead atoms. The molecule has 1 aliphatic heterocycles. The highest BCUT2D eigenvalue weighted by Gasteiger charge is 2.14. The summed E-state index contributed by atoms with van der Waals surface area (Å²) < 4.78 is 0. The minimum atomic E-state index is -0.795. The van der Waals surface area contributed by atoms with Gasteiger partial charge in [0.05, 0.1) is 12.2 Å². The van der Waals surface area contributed by atoms with Crippen LogP contribution in [0.1, 0.15) is 38.5 Å². The number of likely N-dealkylation sites (tertiary alicyclic amines) is 1. The third-order valence-electron chi connectivity index (χ3n) is 2.89. The van der Waals surface area contributed by atoms with Crippen LogP contribution in [0.3, 0.4) is 0 Å². The number of rotatable bonds is 5. The Bertz CT molecular complexity index is 250. The van der Waals surface area contributed by atoms with Crippen LogP contribution < -0.4 is 0 Å². The second kappa shape index (κ2) is 8.39. The zero-order valence-electron chi connectivity index (χ0n) is 10.2. The van der Waals surface area contributed by atoms with Crippen LogP contribution in [0, 0.1) is 0 Å². The van der Waals surface area contributed by atoms with Gasteiger partial charge in [-0.2, -0.15) is 11.8 Å². The number of carboxylic acid groups (broad SMARTS) is 1. The Morgan fingerprint density at radius 2 is 1.65 bits per heavy atom. The molecule has 1 fully saturated rings. The van der Waals surface area contributed by atoms with Crippen molar-refractivity contribution in [2.75, 3.05) is 24.6 Å². The second-order valence-corrected chi connectivity index (χ2v) is 5.45. The molecule has 1 N–H and O–H groups in total. The largest absolute Gasteiger partial charge is 0.481 e. The van der Waals surface area contributed by atoms with Crippen molar-refractivity contribution < 1.29 is 14.7 Å². The summed E-state index contributed by atoms with van der Waals surface area (Å²) in [5.41, 5.74) is 0. The Balaban J connectivity index is 2.18. The van der Waals surface area contributed by atoms with E-state index < -0.39 is 5.97 Å². The molecule has 0 spiro atoms. The average Bonchev–Trinajstić information content (AvgIpc) is 2.23. The Morgan fingerprint density at radius 3 is 2.24 bits per heavy atom. The first-order chi connectivity index (χ1) is 8.20. The van der Waals surface area contributed by atoms with Crippen LogP contribution in [-0.2, 0) is 9.59 Å². The lowest BCUT2D eigenvalue weighted by Crippen LogP contribution is -2.35. The van der Waals surface area contributed by atoms with Crippen molar-refractivity contribution in [1.29, 1.82) is 0 Å². The van der Waals surface area contributed by atoms with Crippen LogP contribution in [0.25, 0.3) is 0 Å². The molecule has 0 unspecified atom stereocenters. The van der Waals surface area contributed by atoms with E-state index in [1.807, 2.05) is 4.90 Å². The fraction of sp³-hybridized carbons (Fsp3) is 0.833. The monoisotopic (exact) mass is 259 g/mol. The highest BCUT2D eigenvalue weighted by atomic mass is 32.2. The van der Waals surface area contributed by atoms with Gasteiger partial charge in [-0.05, 0) is 12.8 Å². The molecule has 0 aliphatic carbocycles. The molecule has 1 heterocycles. The molecule has 5 heteroatoms. The topological polar surface area (TPSA) is 57.6 Å². The highest BCUT2D eigenvalue weighted by molar-refractivity contribution is 7.99. The quantitative estimate of drug-likeness (QED) is 0.767. The zero-order chi connectivity index (χ0) is 12.5. The fourth-order valence-electron chi connectivity index (χ4n) is 1.91. The number of nitrogens with zero attached hydrogens (tertiary/aromatic N) is 1. The summed E-state index contributed by atoms with van der Waals surface area (Å²) in [4.78, 5) is 24.1. The molecule has 0 aromatic heterocycles. The van der Waals surface area contributed by atoms with Crippen LogP contribution in [0.15, 0.2) is 0 Å². The Labute approximate surface area is 107 Å². The van der Waals surface area contributed by atoms with Gasteiger partial charge in [-0.3, -0.25) is 9.59 Å². The molecule has 1 saturated heterocycles. The number of thioether (sulfide) groups is 1. The fourth-order valence-corrected chi connectivity index (χ4v) is 2.73. The molecule has 0 atom stereocenters.